The fourth-order valence-electron chi connectivity index (χ4n) is 2.43. The topological polar surface area (TPSA) is 49.8 Å². The molecule has 1 aliphatic rings. The molecule has 0 fully saturated rings. The van der Waals surface area contributed by atoms with E-state index in [2.05, 4.69) is 0 Å². The Bertz CT molecular complexity index is 457. The lowest BCUT2D eigenvalue weighted by Gasteiger charge is -2.30. The lowest BCUT2D eigenvalue weighted by Crippen LogP contribution is -2.35. The van der Waals surface area contributed by atoms with E-state index in [0.717, 1.165) is 36.4 Å². The molecule has 0 aliphatic carbocycles. The number of rotatable bonds is 4. The van der Waals surface area contributed by atoms with Gasteiger partial charge < -0.3 is 14.7 Å². The van der Waals surface area contributed by atoms with E-state index >= 15 is 0 Å². The van der Waals surface area contributed by atoms with Gasteiger partial charge in [-0.15, -0.1) is 0 Å². The summed E-state index contributed by atoms with van der Waals surface area (Å²) in [7, 11) is 1.65. The van der Waals surface area contributed by atoms with Crippen LogP contribution in [0.3, 0.4) is 0 Å². The molecule has 1 aliphatic heterocycles. The van der Waals surface area contributed by atoms with Crippen molar-refractivity contribution in [2.75, 3.05) is 18.6 Å². The van der Waals surface area contributed by atoms with E-state index in [9.17, 15) is 9.90 Å². The maximum atomic E-state index is 12.2. The Balaban J connectivity index is 2.15. The number of ether oxygens (including phenoxy) is 1. The third kappa shape index (κ3) is 3.26. The summed E-state index contributed by atoms with van der Waals surface area (Å²) in [5.74, 6) is 0.920. The zero-order valence-electron chi connectivity index (χ0n) is 11.6. The van der Waals surface area contributed by atoms with Crippen LogP contribution in [0.5, 0.6) is 5.75 Å². The number of nitrogens with zero attached hydrogens (tertiary/aromatic N) is 1. The monoisotopic (exact) mass is 263 g/mol. The normalized spacial score (nSPS) is 15.8. The first-order chi connectivity index (χ1) is 9.11. The van der Waals surface area contributed by atoms with Gasteiger partial charge in [-0.25, -0.2) is 0 Å². The Morgan fingerprint density at radius 1 is 1.53 bits per heavy atom. The van der Waals surface area contributed by atoms with Gasteiger partial charge in [0, 0.05) is 18.7 Å². The molecular weight excluding hydrogens is 242 g/mol. The van der Waals surface area contributed by atoms with Crippen LogP contribution in [0.2, 0.25) is 0 Å². The number of hydrogen-bond donors (Lipinski definition) is 1. The van der Waals surface area contributed by atoms with Crippen LogP contribution in [0, 0.1) is 0 Å². The highest BCUT2D eigenvalue weighted by Crippen LogP contribution is 2.31. The molecule has 1 heterocycles. The molecular formula is C15H21NO3. The smallest absolute Gasteiger partial charge is 0.227 e. The SMILES string of the molecule is COc1ccc2c(c1)CCCN2C(=O)CCC(C)O. The van der Waals surface area contributed by atoms with Crippen LogP contribution in [-0.4, -0.2) is 30.8 Å². The molecule has 0 bridgehead atoms. The number of aliphatic hydroxyl groups is 1. The summed E-state index contributed by atoms with van der Waals surface area (Å²) in [6.07, 6.45) is 2.43. The van der Waals surface area contributed by atoms with Crippen molar-refractivity contribution < 1.29 is 14.6 Å². The van der Waals surface area contributed by atoms with E-state index in [1.54, 1.807) is 14.0 Å². The number of carbonyl (C=O) groups excluding carboxylic acids is 1. The second-order valence-corrected chi connectivity index (χ2v) is 5.03. The third-order valence-electron chi connectivity index (χ3n) is 3.48. The highest BCUT2D eigenvalue weighted by Gasteiger charge is 2.22. The number of aliphatic hydroxyl groups excluding tert-OH is 1. The summed E-state index contributed by atoms with van der Waals surface area (Å²) in [5.41, 5.74) is 2.15. The average molecular weight is 263 g/mol. The number of aryl methyl sites for hydroxylation is 1. The summed E-state index contributed by atoms with van der Waals surface area (Å²) >= 11 is 0. The summed E-state index contributed by atoms with van der Waals surface area (Å²) < 4.78 is 5.22. The van der Waals surface area contributed by atoms with Crippen LogP contribution in [0.1, 0.15) is 31.7 Å². The Morgan fingerprint density at radius 3 is 3.00 bits per heavy atom. The number of benzene rings is 1. The van der Waals surface area contributed by atoms with Gasteiger partial charge in [0.1, 0.15) is 5.75 Å². The first-order valence-corrected chi connectivity index (χ1v) is 6.77. The second-order valence-electron chi connectivity index (χ2n) is 5.03. The lowest BCUT2D eigenvalue weighted by atomic mass is 10.0. The number of fused-ring (bicyclic) bond motifs is 1. The van der Waals surface area contributed by atoms with Gasteiger partial charge >= 0.3 is 0 Å². The highest BCUT2D eigenvalue weighted by atomic mass is 16.5. The molecule has 0 aromatic heterocycles. The van der Waals surface area contributed by atoms with Crippen LogP contribution >= 0.6 is 0 Å². The summed E-state index contributed by atoms with van der Waals surface area (Å²) in [6.45, 7) is 2.47. The molecule has 4 nitrogen and oxygen atoms in total. The van der Waals surface area contributed by atoms with E-state index in [1.165, 1.54) is 0 Å². The van der Waals surface area contributed by atoms with E-state index in [-0.39, 0.29) is 5.91 Å². The Morgan fingerprint density at radius 2 is 2.32 bits per heavy atom. The van der Waals surface area contributed by atoms with Crippen molar-refractivity contribution in [1.29, 1.82) is 0 Å². The maximum Gasteiger partial charge on any atom is 0.227 e. The summed E-state index contributed by atoms with van der Waals surface area (Å²) in [4.78, 5) is 14.0. The van der Waals surface area contributed by atoms with Gasteiger partial charge in [0.05, 0.1) is 13.2 Å². The molecule has 0 radical (unpaired) electrons. The molecule has 0 saturated heterocycles. The van der Waals surface area contributed by atoms with Crippen LogP contribution in [0.15, 0.2) is 18.2 Å². The van der Waals surface area contributed by atoms with Gasteiger partial charge in [0.25, 0.3) is 0 Å². The Labute approximate surface area is 114 Å². The van der Waals surface area contributed by atoms with Gasteiger partial charge in [0.15, 0.2) is 0 Å². The van der Waals surface area contributed by atoms with Crippen LogP contribution in [0.4, 0.5) is 5.69 Å². The van der Waals surface area contributed by atoms with Gasteiger partial charge in [0.2, 0.25) is 5.91 Å². The number of hydrogen-bond acceptors (Lipinski definition) is 3. The molecule has 1 unspecified atom stereocenters. The molecule has 0 saturated carbocycles. The van der Waals surface area contributed by atoms with E-state index in [4.69, 9.17) is 4.74 Å². The van der Waals surface area contributed by atoms with Gasteiger partial charge in [-0.3, -0.25) is 4.79 Å². The zero-order valence-corrected chi connectivity index (χ0v) is 11.6. The van der Waals surface area contributed by atoms with Crippen molar-refractivity contribution >= 4 is 11.6 Å². The van der Waals surface area contributed by atoms with Crippen LogP contribution in [-0.2, 0) is 11.2 Å². The molecule has 4 heteroatoms. The Kier molecular flexibility index (Phi) is 4.43. The van der Waals surface area contributed by atoms with Crippen molar-refractivity contribution in [2.45, 2.75) is 38.7 Å². The number of methoxy groups -OCH3 is 1. The second kappa shape index (κ2) is 6.06. The van der Waals surface area contributed by atoms with Crippen molar-refractivity contribution in [3.8, 4) is 5.75 Å². The quantitative estimate of drug-likeness (QED) is 0.905. The maximum absolute atomic E-state index is 12.2. The number of carbonyl (C=O) groups is 1. The predicted molar refractivity (Wildman–Crippen MR) is 74.6 cm³/mol. The minimum atomic E-state index is -0.427. The van der Waals surface area contributed by atoms with Crippen LogP contribution < -0.4 is 9.64 Å². The third-order valence-corrected chi connectivity index (χ3v) is 3.48. The lowest BCUT2D eigenvalue weighted by molar-refractivity contribution is -0.119. The van der Waals surface area contributed by atoms with Crippen molar-refractivity contribution in [3.63, 3.8) is 0 Å². The predicted octanol–water partition coefficient (Wildman–Crippen LogP) is 2.14. The fourth-order valence-corrected chi connectivity index (χ4v) is 2.43. The molecule has 1 atom stereocenters. The average Bonchev–Trinajstić information content (AvgIpc) is 2.43. The molecule has 19 heavy (non-hydrogen) atoms. The molecule has 1 aromatic rings. The first-order valence-electron chi connectivity index (χ1n) is 6.77. The van der Waals surface area contributed by atoms with E-state index in [1.807, 2.05) is 23.1 Å². The van der Waals surface area contributed by atoms with Crippen molar-refractivity contribution in [2.24, 2.45) is 0 Å². The molecule has 1 amide bonds. The molecule has 1 N–H and O–H groups in total. The summed E-state index contributed by atoms with van der Waals surface area (Å²) in [6, 6.07) is 5.84. The van der Waals surface area contributed by atoms with Gasteiger partial charge in [-0.2, -0.15) is 0 Å². The zero-order chi connectivity index (χ0) is 13.8. The van der Waals surface area contributed by atoms with Crippen LogP contribution in [0.25, 0.3) is 0 Å². The van der Waals surface area contributed by atoms with E-state index < -0.39 is 6.10 Å². The van der Waals surface area contributed by atoms with Crippen molar-refractivity contribution in [1.82, 2.24) is 0 Å². The molecule has 1 aromatic carbocycles. The largest absolute Gasteiger partial charge is 0.497 e. The first kappa shape index (κ1) is 13.9. The van der Waals surface area contributed by atoms with Gasteiger partial charge in [-0.1, -0.05) is 0 Å². The Hall–Kier alpha value is -1.55. The number of anilines is 1. The summed E-state index contributed by atoms with van der Waals surface area (Å²) in [5, 5.41) is 9.28. The molecule has 104 valence electrons. The highest BCUT2D eigenvalue weighted by molar-refractivity contribution is 5.94. The fraction of sp³-hybridized carbons (Fsp3) is 0.533. The minimum absolute atomic E-state index is 0.0898. The number of amides is 1. The van der Waals surface area contributed by atoms with Crippen molar-refractivity contribution in [3.05, 3.63) is 23.8 Å². The molecule has 0 spiro atoms. The van der Waals surface area contributed by atoms with Gasteiger partial charge in [-0.05, 0) is 49.9 Å². The minimum Gasteiger partial charge on any atom is -0.497 e. The van der Waals surface area contributed by atoms with E-state index in [0.29, 0.717) is 12.8 Å². The molecule has 2 rings (SSSR count). The standard InChI is InChI=1S/C15H21NO3/c1-11(17)5-8-15(18)16-9-3-4-12-10-13(19-2)6-7-14(12)16/h6-7,10-11,17H,3-5,8-9H2,1-2H3.